The summed E-state index contributed by atoms with van der Waals surface area (Å²) in [6.07, 6.45) is 91.3. The van der Waals surface area contributed by atoms with Crippen LogP contribution in [0, 0.1) is 0 Å². The molecule has 0 heterocycles. The van der Waals surface area contributed by atoms with Gasteiger partial charge in [0.1, 0.15) is 13.2 Å². The molecule has 6 heteroatoms. The quantitative estimate of drug-likeness (QED) is 0.0261. The molecular weight excluding hydrogens is 997 g/mol. The van der Waals surface area contributed by atoms with Crippen LogP contribution in [-0.4, -0.2) is 37.2 Å². The Morgan fingerprint density at radius 1 is 0.247 bits per heavy atom. The third-order valence-electron chi connectivity index (χ3n) is 15.7. The highest BCUT2D eigenvalue weighted by Crippen LogP contribution is 2.18. The van der Waals surface area contributed by atoms with E-state index in [1.54, 1.807) is 0 Å². The zero-order chi connectivity index (χ0) is 58.5. The summed E-state index contributed by atoms with van der Waals surface area (Å²) >= 11 is 0. The van der Waals surface area contributed by atoms with Crippen molar-refractivity contribution in [2.24, 2.45) is 0 Å². The lowest BCUT2D eigenvalue weighted by atomic mass is 10.0. The fourth-order valence-electron chi connectivity index (χ4n) is 10.3. The van der Waals surface area contributed by atoms with Crippen molar-refractivity contribution in [3.05, 3.63) is 72.9 Å². The summed E-state index contributed by atoms with van der Waals surface area (Å²) in [5, 5.41) is 0. The van der Waals surface area contributed by atoms with E-state index in [-0.39, 0.29) is 31.1 Å². The van der Waals surface area contributed by atoms with Gasteiger partial charge in [0.15, 0.2) is 6.10 Å². The van der Waals surface area contributed by atoms with Crippen LogP contribution >= 0.6 is 0 Å². The molecular formula is C75H134O6. The second-order valence-corrected chi connectivity index (χ2v) is 23.8. The van der Waals surface area contributed by atoms with E-state index in [2.05, 4.69) is 93.7 Å². The lowest BCUT2D eigenvalue weighted by Gasteiger charge is -2.18. The number of rotatable bonds is 65. The average molecular weight is 1130 g/mol. The first-order chi connectivity index (χ1) is 40.0. The molecule has 1 unspecified atom stereocenters. The van der Waals surface area contributed by atoms with Gasteiger partial charge in [-0.3, -0.25) is 14.4 Å². The van der Waals surface area contributed by atoms with Crippen LogP contribution in [0.15, 0.2) is 72.9 Å². The molecule has 0 rings (SSSR count). The summed E-state index contributed by atoms with van der Waals surface area (Å²) in [5.41, 5.74) is 0. The Hall–Kier alpha value is -3.15. The Balaban J connectivity index is 3.97. The van der Waals surface area contributed by atoms with E-state index in [4.69, 9.17) is 14.2 Å². The van der Waals surface area contributed by atoms with Gasteiger partial charge in [-0.2, -0.15) is 0 Å². The minimum atomic E-state index is -0.773. The van der Waals surface area contributed by atoms with Crippen molar-refractivity contribution in [3.63, 3.8) is 0 Å². The number of unbranched alkanes of at least 4 members (excludes halogenated alkanes) is 42. The smallest absolute Gasteiger partial charge is 0.306 e. The molecule has 0 saturated heterocycles. The molecule has 0 N–H and O–H groups in total. The van der Waals surface area contributed by atoms with Crippen LogP contribution in [0.5, 0.6) is 0 Å². The summed E-state index contributed by atoms with van der Waals surface area (Å²) in [6, 6.07) is 0. The standard InChI is InChI=1S/C75H134O6/c1-4-7-10-13-15-17-19-21-23-25-27-29-31-33-35-36-37-38-40-41-43-45-47-49-51-53-55-57-59-62-65-68-74(77)80-71-72(70-79-73(76)67-64-61-12-9-6-3)81-75(78)69-66-63-60-58-56-54-52-50-48-46-44-42-39-34-32-30-28-26-24-22-20-18-16-14-11-8-5-2/h19-22,25-28,31-34,72H,4-18,23-24,29-30,35-71H2,1-3H3/b21-19-,22-20-,27-25-,28-26-,33-31-,34-32-. The summed E-state index contributed by atoms with van der Waals surface area (Å²) < 4.78 is 16.8. The molecule has 0 amide bonds. The van der Waals surface area contributed by atoms with Gasteiger partial charge in [-0.25, -0.2) is 0 Å². The van der Waals surface area contributed by atoms with Crippen LogP contribution in [0.2, 0.25) is 0 Å². The first-order valence-electron chi connectivity index (χ1n) is 35.4. The molecule has 0 aliphatic carbocycles. The number of hydrogen-bond acceptors (Lipinski definition) is 6. The number of allylic oxidation sites excluding steroid dienone is 12. The first kappa shape index (κ1) is 77.9. The van der Waals surface area contributed by atoms with Gasteiger partial charge in [0.05, 0.1) is 0 Å². The molecule has 81 heavy (non-hydrogen) atoms. The number of hydrogen-bond donors (Lipinski definition) is 0. The van der Waals surface area contributed by atoms with E-state index in [1.165, 1.54) is 238 Å². The number of carbonyl (C=O) groups excluding carboxylic acids is 3. The van der Waals surface area contributed by atoms with E-state index in [0.717, 1.165) is 89.9 Å². The SMILES string of the molecule is CCCCCCC/C=C\C/C=C\C/C=C\CCCCCCCCCCCCCCCCCCC(=O)OCC(COC(=O)CCCCCCC)OC(=O)CCCCCCCCCCCCCC/C=C\C/C=C\C/C=C\CCCCCCC. The molecule has 0 aromatic rings. The van der Waals surface area contributed by atoms with Gasteiger partial charge in [-0.05, 0) is 96.3 Å². The van der Waals surface area contributed by atoms with E-state index >= 15 is 0 Å². The minimum absolute atomic E-state index is 0.0729. The molecule has 0 aromatic carbocycles. The molecule has 0 aliphatic heterocycles. The Morgan fingerprint density at radius 2 is 0.444 bits per heavy atom. The maximum absolute atomic E-state index is 12.9. The van der Waals surface area contributed by atoms with Gasteiger partial charge in [-0.15, -0.1) is 0 Å². The molecule has 0 saturated carbocycles. The van der Waals surface area contributed by atoms with Crippen LogP contribution in [0.25, 0.3) is 0 Å². The van der Waals surface area contributed by atoms with Crippen LogP contribution in [0.3, 0.4) is 0 Å². The van der Waals surface area contributed by atoms with Crippen molar-refractivity contribution >= 4 is 17.9 Å². The van der Waals surface area contributed by atoms with Crippen molar-refractivity contribution in [2.45, 2.75) is 374 Å². The monoisotopic (exact) mass is 1130 g/mol. The highest BCUT2D eigenvalue weighted by molar-refractivity contribution is 5.71. The largest absolute Gasteiger partial charge is 0.462 e. The third kappa shape index (κ3) is 67.5. The zero-order valence-electron chi connectivity index (χ0n) is 54.1. The maximum Gasteiger partial charge on any atom is 0.306 e. The highest BCUT2D eigenvalue weighted by atomic mass is 16.6. The molecule has 470 valence electrons. The Morgan fingerprint density at radius 3 is 0.691 bits per heavy atom. The van der Waals surface area contributed by atoms with Gasteiger partial charge in [0, 0.05) is 19.3 Å². The first-order valence-corrected chi connectivity index (χ1v) is 35.4. The second kappa shape index (κ2) is 69.3. The summed E-state index contributed by atoms with van der Waals surface area (Å²) in [7, 11) is 0. The van der Waals surface area contributed by atoms with Crippen molar-refractivity contribution in [2.75, 3.05) is 13.2 Å². The summed E-state index contributed by atoms with van der Waals surface area (Å²) in [5.74, 6) is -0.872. The summed E-state index contributed by atoms with van der Waals surface area (Å²) in [4.78, 5) is 38.0. The predicted octanol–water partition coefficient (Wildman–Crippen LogP) is 24.4. The molecule has 0 bridgehead atoms. The Kier molecular flexibility index (Phi) is 66.6. The molecule has 0 aliphatic rings. The van der Waals surface area contributed by atoms with Crippen LogP contribution in [0.1, 0.15) is 367 Å². The topological polar surface area (TPSA) is 78.9 Å². The summed E-state index contributed by atoms with van der Waals surface area (Å²) in [6.45, 7) is 6.58. The molecule has 0 radical (unpaired) electrons. The van der Waals surface area contributed by atoms with Crippen molar-refractivity contribution in [1.29, 1.82) is 0 Å². The van der Waals surface area contributed by atoms with E-state index in [0.29, 0.717) is 19.3 Å². The molecule has 1 atom stereocenters. The molecule has 0 fully saturated rings. The zero-order valence-corrected chi connectivity index (χ0v) is 54.1. The molecule has 6 nitrogen and oxygen atoms in total. The average Bonchev–Trinajstić information content (AvgIpc) is 3.47. The number of carbonyl (C=O) groups is 3. The van der Waals surface area contributed by atoms with Crippen LogP contribution in [-0.2, 0) is 28.6 Å². The van der Waals surface area contributed by atoms with Gasteiger partial charge in [-0.1, -0.05) is 325 Å². The van der Waals surface area contributed by atoms with Gasteiger partial charge < -0.3 is 14.2 Å². The van der Waals surface area contributed by atoms with E-state index < -0.39 is 6.10 Å². The number of ether oxygens (including phenoxy) is 3. The minimum Gasteiger partial charge on any atom is -0.462 e. The molecule has 0 aromatic heterocycles. The van der Waals surface area contributed by atoms with Crippen LogP contribution in [0.4, 0.5) is 0 Å². The maximum atomic E-state index is 12.9. The van der Waals surface area contributed by atoms with Crippen molar-refractivity contribution in [1.82, 2.24) is 0 Å². The van der Waals surface area contributed by atoms with E-state index in [9.17, 15) is 14.4 Å². The van der Waals surface area contributed by atoms with E-state index in [1.807, 2.05) is 0 Å². The predicted molar refractivity (Wildman–Crippen MR) is 353 cm³/mol. The fraction of sp³-hybridized carbons (Fsp3) is 0.800. The van der Waals surface area contributed by atoms with Crippen molar-refractivity contribution in [3.8, 4) is 0 Å². The lowest BCUT2D eigenvalue weighted by Crippen LogP contribution is -2.30. The van der Waals surface area contributed by atoms with Crippen molar-refractivity contribution < 1.29 is 28.6 Å². The number of esters is 3. The Bertz CT molecular complexity index is 1490. The van der Waals surface area contributed by atoms with Crippen LogP contribution < -0.4 is 0 Å². The normalized spacial score (nSPS) is 12.5. The second-order valence-electron chi connectivity index (χ2n) is 23.8. The van der Waals surface area contributed by atoms with Gasteiger partial charge in [0.25, 0.3) is 0 Å². The highest BCUT2D eigenvalue weighted by Gasteiger charge is 2.19. The lowest BCUT2D eigenvalue weighted by molar-refractivity contribution is -0.167. The Labute approximate surface area is 503 Å². The van der Waals surface area contributed by atoms with Gasteiger partial charge >= 0.3 is 17.9 Å². The van der Waals surface area contributed by atoms with Gasteiger partial charge in [0.2, 0.25) is 0 Å². The third-order valence-corrected chi connectivity index (χ3v) is 15.7. The molecule has 0 spiro atoms. The fourth-order valence-corrected chi connectivity index (χ4v) is 10.3.